The predicted octanol–water partition coefficient (Wildman–Crippen LogP) is 3.05. The Labute approximate surface area is 141 Å². The summed E-state index contributed by atoms with van der Waals surface area (Å²) < 4.78 is 11.0. The molecule has 1 saturated heterocycles. The lowest BCUT2D eigenvalue weighted by atomic mass is 10.1. The summed E-state index contributed by atoms with van der Waals surface area (Å²) in [6.45, 7) is 2.26. The molecule has 0 unspecified atom stereocenters. The van der Waals surface area contributed by atoms with Gasteiger partial charge in [0, 0.05) is 20.1 Å². The van der Waals surface area contributed by atoms with Crippen molar-refractivity contribution in [2.45, 2.75) is 95.5 Å². The van der Waals surface area contributed by atoms with Gasteiger partial charge in [0.2, 0.25) is 0 Å². The molecule has 4 nitrogen and oxygen atoms in total. The van der Waals surface area contributed by atoms with Crippen molar-refractivity contribution in [3.05, 3.63) is 0 Å². The lowest BCUT2D eigenvalue weighted by Gasteiger charge is -2.17. The summed E-state index contributed by atoms with van der Waals surface area (Å²) in [7, 11) is 1.55. The summed E-state index contributed by atoms with van der Waals surface area (Å²) in [5.74, 6) is 6.14. The molecule has 0 spiro atoms. The van der Waals surface area contributed by atoms with E-state index in [4.69, 9.17) is 14.6 Å². The number of hydrogen-bond donors (Lipinski definition) is 2. The molecule has 0 aromatic carbocycles. The van der Waals surface area contributed by atoms with E-state index in [1.165, 1.54) is 44.9 Å². The van der Waals surface area contributed by atoms with Crippen LogP contribution in [0.5, 0.6) is 0 Å². The van der Waals surface area contributed by atoms with Crippen molar-refractivity contribution in [2.24, 2.45) is 0 Å². The molecule has 4 atom stereocenters. The zero-order valence-corrected chi connectivity index (χ0v) is 14.8. The summed E-state index contributed by atoms with van der Waals surface area (Å²) in [5, 5.41) is 19.2. The molecule has 0 aliphatic carbocycles. The second-order valence-electron chi connectivity index (χ2n) is 6.34. The van der Waals surface area contributed by atoms with Crippen LogP contribution >= 0.6 is 0 Å². The molecule has 0 saturated carbocycles. The quantitative estimate of drug-likeness (QED) is 0.452. The third-order valence-corrected chi connectivity index (χ3v) is 4.42. The highest BCUT2D eigenvalue weighted by atomic mass is 16.6. The molecule has 2 N–H and O–H groups in total. The molecular formula is C19H34O4. The maximum Gasteiger partial charge on any atom is 0.147 e. The number of hydrogen-bond acceptors (Lipinski definition) is 4. The van der Waals surface area contributed by atoms with Crippen LogP contribution in [0.4, 0.5) is 0 Å². The van der Waals surface area contributed by atoms with E-state index in [9.17, 15) is 5.11 Å². The van der Waals surface area contributed by atoms with E-state index in [1.54, 1.807) is 7.11 Å². The number of rotatable bonds is 11. The fraction of sp³-hybridized carbons (Fsp3) is 0.895. The summed E-state index contributed by atoms with van der Waals surface area (Å²) >= 11 is 0. The molecule has 23 heavy (non-hydrogen) atoms. The average Bonchev–Trinajstić information content (AvgIpc) is 2.85. The van der Waals surface area contributed by atoms with E-state index in [0.29, 0.717) is 6.42 Å². The second kappa shape index (κ2) is 12.8. The normalized spacial score (nSPS) is 27.0. The van der Waals surface area contributed by atoms with Crippen LogP contribution in [-0.4, -0.2) is 48.3 Å². The van der Waals surface area contributed by atoms with Crippen LogP contribution in [0.2, 0.25) is 0 Å². The maximum absolute atomic E-state index is 10.2. The van der Waals surface area contributed by atoms with Gasteiger partial charge in [-0.05, 0) is 12.8 Å². The SMILES string of the molecule is CCCCCCCCCCC#C[C@H]1O[C@H](CCO)[C@H](OC)[C@@H]1O. The van der Waals surface area contributed by atoms with Gasteiger partial charge in [0.05, 0.1) is 6.10 Å². The Morgan fingerprint density at radius 3 is 2.30 bits per heavy atom. The molecule has 134 valence electrons. The van der Waals surface area contributed by atoms with Crippen LogP contribution in [0.15, 0.2) is 0 Å². The van der Waals surface area contributed by atoms with E-state index in [2.05, 4.69) is 18.8 Å². The smallest absolute Gasteiger partial charge is 0.147 e. The first-order valence-corrected chi connectivity index (χ1v) is 9.20. The minimum absolute atomic E-state index is 0.0235. The first-order valence-electron chi connectivity index (χ1n) is 9.20. The molecule has 0 aromatic heterocycles. The molecule has 0 amide bonds. The van der Waals surface area contributed by atoms with Gasteiger partial charge in [-0.15, -0.1) is 5.92 Å². The van der Waals surface area contributed by atoms with Crippen molar-refractivity contribution in [1.29, 1.82) is 0 Å². The monoisotopic (exact) mass is 326 g/mol. The van der Waals surface area contributed by atoms with Gasteiger partial charge >= 0.3 is 0 Å². The van der Waals surface area contributed by atoms with Gasteiger partial charge in [-0.3, -0.25) is 0 Å². The van der Waals surface area contributed by atoms with E-state index in [-0.39, 0.29) is 12.7 Å². The second-order valence-corrected chi connectivity index (χ2v) is 6.34. The highest BCUT2D eigenvalue weighted by Crippen LogP contribution is 2.25. The van der Waals surface area contributed by atoms with E-state index in [0.717, 1.165) is 12.8 Å². The van der Waals surface area contributed by atoms with Crippen LogP contribution in [0.3, 0.4) is 0 Å². The van der Waals surface area contributed by atoms with Gasteiger partial charge < -0.3 is 19.7 Å². The van der Waals surface area contributed by atoms with Crippen molar-refractivity contribution < 1.29 is 19.7 Å². The Bertz CT molecular complexity index is 347. The summed E-state index contributed by atoms with van der Waals surface area (Å²) in [5.41, 5.74) is 0. The Morgan fingerprint density at radius 1 is 1.04 bits per heavy atom. The summed E-state index contributed by atoms with van der Waals surface area (Å²) in [6.07, 6.45) is 9.74. The lowest BCUT2D eigenvalue weighted by Crippen LogP contribution is -2.34. The van der Waals surface area contributed by atoms with Crippen LogP contribution < -0.4 is 0 Å². The predicted molar refractivity (Wildman–Crippen MR) is 92.2 cm³/mol. The number of ether oxygens (including phenoxy) is 2. The topological polar surface area (TPSA) is 58.9 Å². The fourth-order valence-electron chi connectivity index (χ4n) is 3.03. The molecule has 1 heterocycles. The number of methoxy groups -OCH3 is 1. The molecule has 1 fully saturated rings. The third-order valence-electron chi connectivity index (χ3n) is 4.42. The zero-order valence-electron chi connectivity index (χ0n) is 14.8. The van der Waals surface area contributed by atoms with Crippen molar-refractivity contribution in [3.63, 3.8) is 0 Å². The van der Waals surface area contributed by atoms with Gasteiger partial charge in [-0.1, -0.05) is 57.8 Å². The molecule has 4 heteroatoms. The highest BCUT2D eigenvalue weighted by Gasteiger charge is 2.42. The van der Waals surface area contributed by atoms with Gasteiger partial charge in [-0.25, -0.2) is 0 Å². The van der Waals surface area contributed by atoms with Gasteiger partial charge in [0.1, 0.15) is 18.3 Å². The molecule has 1 rings (SSSR count). The van der Waals surface area contributed by atoms with Crippen LogP contribution in [0.25, 0.3) is 0 Å². The van der Waals surface area contributed by atoms with E-state index in [1.807, 2.05) is 0 Å². The Hall–Kier alpha value is -0.600. The van der Waals surface area contributed by atoms with E-state index < -0.39 is 18.3 Å². The molecule has 1 aliphatic rings. The molecule has 1 aliphatic heterocycles. The maximum atomic E-state index is 10.2. The minimum Gasteiger partial charge on any atom is -0.396 e. The summed E-state index contributed by atoms with van der Waals surface area (Å²) in [6, 6.07) is 0. The number of unbranched alkanes of at least 4 members (excludes halogenated alkanes) is 8. The third kappa shape index (κ3) is 7.67. The molecule has 0 aromatic rings. The molecular weight excluding hydrogens is 292 g/mol. The van der Waals surface area contributed by atoms with Gasteiger partial charge in [-0.2, -0.15) is 0 Å². The standard InChI is InChI=1S/C19H34O4/c1-3-4-5-6-7-8-9-10-11-12-13-16-18(21)19(22-2)17(23-16)14-15-20/h16-21H,3-11,14-15H2,1-2H3/t16-,17-,18-,19+/m1/s1. The Morgan fingerprint density at radius 2 is 1.70 bits per heavy atom. The Kier molecular flexibility index (Phi) is 11.4. The number of aliphatic hydroxyl groups is 2. The lowest BCUT2D eigenvalue weighted by molar-refractivity contribution is -0.0186. The Balaban J connectivity index is 2.16. The van der Waals surface area contributed by atoms with Gasteiger partial charge in [0.25, 0.3) is 0 Å². The molecule has 0 radical (unpaired) electrons. The van der Waals surface area contributed by atoms with Crippen molar-refractivity contribution in [1.82, 2.24) is 0 Å². The first kappa shape index (κ1) is 20.4. The van der Waals surface area contributed by atoms with Gasteiger partial charge in [0.15, 0.2) is 0 Å². The average molecular weight is 326 g/mol. The largest absolute Gasteiger partial charge is 0.396 e. The molecule has 0 bridgehead atoms. The summed E-state index contributed by atoms with van der Waals surface area (Å²) in [4.78, 5) is 0. The van der Waals surface area contributed by atoms with Crippen molar-refractivity contribution >= 4 is 0 Å². The highest BCUT2D eigenvalue weighted by molar-refractivity contribution is 5.12. The first-order chi connectivity index (χ1) is 11.2. The minimum atomic E-state index is -0.734. The van der Waals surface area contributed by atoms with Crippen molar-refractivity contribution in [2.75, 3.05) is 13.7 Å². The van der Waals surface area contributed by atoms with Crippen LogP contribution in [0.1, 0.15) is 71.1 Å². The zero-order chi connectivity index (χ0) is 16.9. The van der Waals surface area contributed by atoms with Crippen LogP contribution in [0, 0.1) is 11.8 Å². The number of aliphatic hydroxyl groups excluding tert-OH is 2. The van der Waals surface area contributed by atoms with Crippen LogP contribution in [-0.2, 0) is 9.47 Å². The fourth-order valence-corrected chi connectivity index (χ4v) is 3.03. The van der Waals surface area contributed by atoms with Crippen molar-refractivity contribution in [3.8, 4) is 11.8 Å². The van der Waals surface area contributed by atoms with E-state index >= 15 is 0 Å².